The van der Waals surface area contributed by atoms with Crippen molar-refractivity contribution in [3.63, 3.8) is 0 Å². The zero-order valence-corrected chi connectivity index (χ0v) is 33.5. The summed E-state index contributed by atoms with van der Waals surface area (Å²) in [5.74, 6) is -4.44. The van der Waals surface area contributed by atoms with E-state index in [1.54, 1.807) is 92.0 Å². The molecule has 1 aliphatic carbocycles. The number of hydrogen-bond donors (Lipinski definition) is 4. The zero-order chi connectivity index (χ0) is 40.8. The minimum Gasteiger partial charge on any atom is -0.444 e. The number of amides is 6. The summed E-state index contributed by atoms with van der Waals surface area (Å²) in [5, 5.41) is 10.5. The highest BCUT2D eigenvalue weighted by atomic mass is 16.6. The fourth-order valence-electron chi connectivity index (χ4n) is 6.52. The van der Waals surface area contributed by atoms with Crippen LogP contribution >= 0.6 is 0 Å². The van der Waals surface area contributed by atoms with E-state index in [9.17, 15) is 33.6 Å². The summed E-state index contributed by atoms with van der Waals surface area (Å²) in [4.78, 5) is 97.1. The maximum Gasteiger partial charge on any atom is 0.408 e. The molecular weight excluding hydrogens is 692 g/mol. The molecule has 1 unspecified atom stereocenters. The number of rotatable bonds is 15. The lowest BCUT2D eigenvalue weighted by atomic mass is 9.74. The summed E-state index contributed by atoms with van der Waals surface area (Å²) in [5.41, 5.74) is -1.64. The van der Waals surface area contributed by atoms with Crippen molar-refractivity contribution < 1.29 is 38.3 Å². The second-order valence-corrected chi connectivity index (χ2v) is 17.3. The van der Waals surface area contributed by atoms with E-state index in [1.165, 1.54) is 9.80 Å². The van der Waals surface area contributed by atoms with Gasteiger partial charge in [0, 0.05) is 20.6 Å². The van der Waals surface area contributed by atoms with Crippen molar-refractivity contribution in [2.75, 3.05) is 27.2 Å². The first-order chi connectivity index (χ1) is 25.0. The van der Waals surface area contributed by atoms with Gasteiger partial charge in [-0.05, 0) is 61.8 Å². The van der Waals surface area contributed by atoms with E-state index in [1.807, 2.05) is 13.8 Å². The van der Waals surface area contributed by atoms with Crippen molar-refractivity contribution >= 4 is 41.4 Å². The highest BCUT2D eigenvalue weighted by molar-refractivity contribution is 6.38. The average molecular weight is 753 g/mol. The maximum absolute atomic E-state index is 14.4. The smallest absolute Gasteiger partial charge is 0.408 e. The number of carbonyl (C=O) groups is 7. The molecule has 6 amide bonds. The molecule has 54 heavy (non-hydrogen) atoms. The standard InChI is InChI=1S/C40H60N6O8/c1-12-40(8,9)26-20-21-46(36(52)32(38(2,3)4)44-37(53)54-39(5,6)7)30(26)33(49)42-27(22-24-18-19-24)31(48)34(50)41-23-28(47)43-29(35(51)45(10)11)25-16-14-13-15-17-25/h12-17,24,26-27,29-30,32H,1,18-23H2,2-11H3,(H,41,50)(H,42,49)(H,43,47)(H,44,53)/t26-,27?,29-,30-,32+/m0/s1. The zero-order valence-electron chi connectivity index (χ0n) is 33.5. The fourth-order valence-corrected chi connectivity index (χ4v) is 6.52. The minimum absolute atomic E-state index is 0.115. The fraction of sp³-hybridized carbons (Fsp3) is 0.625. The molecule has 1 aromatic rings. The van der Waals surface area contributed by atoms with E-state index >= 15 is 0 Å². The van der Waals surface area contributed by atoms with Crippen LogP contribution in [-0.4, -0.2) is 102 Å². The molecule has 1 saturated heterocycles. The molecule has 2 fully saturated rings. The Balaban J connectivity index is 1.82. The van der Waals surface area contributed by atoms with Crippen molar-refractivity contribution in [3.05, 3.63) is 48.6 Å². The molecule has 0 spiro atoms. The predicted octanol–water partition coefficient (Wildman–Crippen LogP) is 3.27. The Morgan fingerprint density at radius 2 is 1.52 bits per heavy atom. The highest BCUT2D eigenvalue weighted by Gasteiger charge is 2.51. The normalized spacial score (nSPS) is 19.0. The van der Waals surface area contributed by atoms with Gasteiger partial charge in [-0.1, -0.05) is 83.9 Å². The van der Waals surface area contributed by atoms with Crippen molar-refractivity contribution in [1.82, 2.24) is 31.1 Å². The number of hydrogen-bond acceptors (Lipinski definition) is 8. The van der Waals surface area contributed by atoms with Crippen LogP contribution in [0.1, 0.15) is 92.7 Å². The lowest BCUT2D eigenvalue weighted by molar-refractivity contribution is -0.145. The van der Waals surface area contributed by atoms with Gasteiger partial charge in [0.2, 0.25) is 29.4 Å². The molecule has 1 saturated carbocycles. The molecular formula is C40H60N6O8. The monoisotopic (exact) mass is 752 g/mol. The van der Waals surface area contributed by atoms with E-state index < -0.39 is 88.6 Å². The van der Waals surface area contributed by atoms with Crippen LogP contribution in [0.25, 0.3) is 0 Å². The lowest BCUT2D eigenvalue weighted by Gasteiger charge is -2.39. The van der Waals surface area contributed by atoms with E-state index in [0.717, 1.165) is 12.8 Å². The van der Waals surface area contributed by atoms with Crippen molar-refractivity contribution in [2.45, 2.75) is 111 Å². The number of carbonyl (C=O) groups excluding carboxylic acids is 7. The summed E-state index contributed by atoms with van der Waals surface area (Å²) < 4.78 is 5.45. The molecule has 5 atom stereocenters. The summed E-state index contributed by atoms with van der Waals surface area (Å²) >= 11 is 0. The first-order valence-electron chi connectivity index (χ1n) is 18.6. The SMILES string of the molecule is C=CC(C)(C)[C@H]1CCN(C(=O)[C@@H](NC(=O)OC(C)(C)C)C(C)(C)C)[C@@H]1C(=O)NC(CC1CC1)C(=O)C(=O)NCC(=O)N[C@H](C(=O)N(C)C)c1ccccc1. The van der Waals surface area contributed by atoms with E-state index in [0.29, 0.717) is 12.0 Å². The molecule has 298 valence electrons. The van der Waals surface area contributed by atoms with Gasteiger partial charge in [0.15, 0.2) is 0 Å². The number of likely N-dealkylation sites (N-methyl/N-ethyl adjacent to an activating group) is 1. The Morgan fingerprint density at radius 1 is 0.907 bits per heavy atom. The van der Waals surface area contributed by atoms with Gasteiger partial charge < -0.3 is 35.8 Å². The Labute approximate surface area is 319 Å². The predicted molar refractivity (Wildman–Crippen MR) is 204 cm³/mol. The van der Waals surface area contributed by atoms with Crippen molar-refractivity contribution in [3.8, 4) is 0 Å². The van der Waals surface area contributed by atoms with Gasteiger partial charge in [0.05, 0.1) is 12.6 Å². The quantitative estimate of drug-likeness (QED) is 0.156. The number of nitrogens with zero attached hydrogens (tertiary/aromatic N) is 2. The van der Waals surface area contributed by atoms with E-state index in [-0.39, 0.29) is 24.8 Å². The topological polar surface area (TPSA) is 183 Å². The van der Waals surface area contributed by atoms with Gasteiger partial charge in [-0.15, -0.1) is 6.58 Å². The molecule has 4 N–H and O–H groups in total. The Hall–Kier alpha value is -4.75. The van der Waals surface area contributed by atoms with Crippen LogP contribution in [0, 0.1) is 22.7 Å². The Morgan fingerprint density at radius 3 is 2.04 bits per heavy atom. The van der Waals surface area contributed by atoms with Crippen molar-refractivity contribution in [1.29, 1.82) is 0 Å². The number of ether oxygens (including phenoxy) is 1. The van der Waals surface area contributed by atoms with Crippen LogP contribution in [0.15, 0.2) is 43.0 Å². The third-order valence-corrected chi connectivity index (χ3v) is 9.86. The second kappa shape index (κ2) is 17.6. The van der Waals surface area contributed by atoms with E-state index in [2.05, 4.69) is 27.8 Å². The first-order valence-corrected chi connectivity index (χ1v) is 18.6. The number of ketones is 1. The molecule has 1 aliphatic heterocycles. The van der Waals surface area contributed by atoms with Crippen LogP contribution in [0.3, 0.4) is 0 Å². The van der Waals surface area contributed by atoms with Gasteiger partial charge >= 0.3 is 6.09 Å². The maximum atomic E-state index is 14.4. The first kappa shape index (κ1) is 43.7. The van der Waals surface area contributed by atoms with Crippen LogP contribution in [0.5, 0.6) is 0 Å². The highest BCUT2D eigenvalue weighted by Crippen LogP contribution is 2.41. The number of Topliss-reactive ketones (excluding diaryl/α,β-unsaturated/α-hetero) is 1. The summed E-state index contributed by atoms with van der Waals surface area (Å²) in [7, 11) is 3.12. The lowest BCUT2D eigenvalue weighted by Crippen LogP contribution is -2.61. The number of allylic oxidation sites excluding steroid dienone is 1. The average Bonchev–Trinajstić information content (AvgIpc) is 3.78. The largest absolute Gasteiger partial charge is 0.444 e. The molecule has 0 radical (unpaired) electrons. The van der Waals surface area contributed by atoms with Crippen LogP contribution in [0.4, 0.5) is 4.79 Å². The number of alkyl carbamates (subject to hydrolysis) is 1. The van der Waals surface area contributed by atoms with Gasteiger partial charge in [-0.2, -0.15) is 0 Å². The third-order valence-electron chi connectivity index (χ3n) is 9.86. The summed E-state index contributed by atoms with van der Waals surface area (Å²) in [6, 6.07) is 4.30. The van der Waals surface area contributed by atoms with Crippen molar-refractivity contribution in [2.24, 2.45) is 22.7 Å². The molecule has 3 rings (SSSR count). The van der Waals surface area contributed by atoms with Gasteiger partial charge in [-0.25, -0.2) is 4.79 Å². The molecule has 14 heteroatoms. The van der Waals surface area contributed by atoms with Crippen LogP contribution < -0.4 is 21.3 Å². The van der Waals surface area contributed by atoms with Crippen LogP contribution in [-0.2, 0) is 33.5 Å². The molecule has 1 heterocycles. The number of likely N-dealkylation sites (tertiary alicyclic amines) is 1. The molecule has 2 aliphatic rings. The number of benzene rings is 1. The molecule has 1 aromatic carbocycles. The summed E-state index contributed by atoms with van der Waals surface area (Å²) in [6.45, 7) is 18.0. The Kier molecular flexibility index (Phi) is 14.2. The summed E-state index contributed by atoms with van der Waals surface area (Å²) in [6.07, 6.45) is 3.27. The van der Waals surface area contributed by atoms with Crippen LogP contribution in [0.2, 0.25) is 0 Å². The minimum atomic E-state index is -1.22. The van der Waals surface area contributed by atoms with Gasteiger partial charge in [0.25, 0.3) is 5.91 Å². The van der Waals surface area contributed by atoms with Gasteiger partial charge in [-0.3, -0.25) is 28.8 Å². The molecule has 14 nitrogen and oxygen atoms in total. The molecule has 0 bridgehead atoms. The second-order valence-electron chi connectivity index (χ2n) is 17.3. The third kappa shape index (κ3) is 11.9. The van der Waals surface area contributed by atoms with E-state index in [4.69, 9.17) is 4.74 Å². The van der Waals surface area contributed by atoms with Gasteiger partial charge in [0.1, 0.15) is 23.7 Å². The number of nitrogens with one attached hydrogen (secondary N) is 4. The Bertz CT molecular complexity index is 1570. The molecule has 0 aromatic heterocycles.